The fourth-order valence-corrected chi connectivity index (χ4v) is 7.14. The van der Waals surface area contributed by atoms with Crippen molar-refractivity contribution in [3.05, 3.63) is 0 Å². The van der Waals surface area contributed by atoms with Crippen LogP contribution in [-0.4, -0.2) is 70.7 Å². The van der Waals surface area contributed by atoms with E-state index in [1.807, 2.05) is 20.8 Å². The predicted octanol–water partition coefficient (Wildman–Crippen LogP) is 5.34. The van der Waals surface area contributed by atoms with E-state index in [4.69, 9.17) is 22.8 Å². The molecule has 1 aliphatic rings. The third-order valence-electron chi connectivity index (χ3n) is 6.60. The van der Waals surface area contributed by atoms with Crippen LogP contribution in [0.4, 0.5) is 0 Å². The van der Waals surface area contributed by atoms with Crippen LogP contribution in [-0.2, 0) is 32.3 Å². The Morgan fingerprint density at radius 3 is 2.32 bits per heavy atom. The van der Waals surface area contributed by atoms with Crippen molar-refractivity contribution in [1.82, 2.24) is 0 Å². The highest BCUT2D eigenvalue weighted by Crippen LogP contribution is 2.32. The maximum absolute atomic E-state index is 12.1. The summed E-state index contributed by atoms with van der Waals surface area (Å²) in [7, 11) is -2.85. The van der Waals surface area contributed by atoms with Gasteiger partial charge < -0.3 is 27.9 Å². The normalized spacial score (nSPS) is 23.4. The molecule has 1 rings (SSSR count). The minimum absolute atomic E-state index is 0.131. The van der Waals surface area contributed by atoms with Gasteiger partial charge in [0.2, 0.25) is 0 Å². The molecule has 0 aromatic carbocycles. The minimum Gasteiger partial charge on any atom is -0.465 e. The molecule has 0 spiro atoms. The lowest BCUT2D eigenvalue weighted by atomic mass is 9.94. The van der Waals surface area contributed by atoms with E-state index >= 15 is 0 Å². The van der Waals surface area contributed by atoms with Gasteiger partial charge in [-0.15, -0.1) is 0 Å². The number of carbonyl (C=O) groups excluding carboxylic acids is 2. The third-order valence-corrected chi connectivity index (χ3v) is 9.70. The van der Waals surface area contributed by atoms with Crippen molar-refractivity contribution in [3.63, 3.8) is 0 Å². The topological polar surface area (TPSA) is 101 Å². The Bertz CT molecular complexity index is 628. The van der Waals surface area contributed by atoms with E-state index in [0.29, 0.717) is 58.2 Å². The maximum Gasteiger partial charge on any atom is 0.501 e. The summed E-state index contributed by atoms with van der Waals surface area (Å²) >= 11 is 4.33. The fraction of sp³-hybridized carbons (Fsp3) is 0.926. The van der Waals surface area contributed by atoms with Crippen LogP contribution in [0.1, 0.15) is 98.3 Å². The zero-order chi connectivity index (χ0) is 27.6. The molecule has 2 unspecified atom stereocenters. The molecular formula is C27H52O8SSi. The molecule has 0 aromatic heterocycles. The van der Waals surface area contributed by atoms with Crippen LogP contribution in [0.3, 0.4) is 0 Å². The summed E-state index contributed by atoms with van der Waals surface area (Å²) in [5.41, 5.74) is -0.397. The van der Waals surface area contributed by atoms with Crippen molar-refractivity contribution < 1.29 is 37.4 Å². The summed E-state index contributed by atoms with van der Waals surface area (Å²) in [5.74, 6) is 0.410. The number of hydrogen-bond acceptors (Lipinski definition) is 9. The average Bonchev–Trinajstić information content (AvgIpc) is 2.89. The van der Waals surface area contributed by atoms with Crippen molar-refractivity contribution in [3.8, 4) is 0 Å². The van der Waals surface area contributed by atoms with E-state index in [2.05, 4.69) is 19.6 Å². The van der Waals surface area contributed by atoms with Gasteiger partial charge in [-0.2, -0.15) is 12.6 Å². The van der Waals surface area contributed by atoms with Gasteiger partial charge in [0.05, 0.1) is 12.7 Å². The molecule has 1 heterocycles. The first kappa shape index (κ1) is 34.4. The number of ether oxygens (including phenoxy) is 2. The Labute approximate surface area is 231 Å². The molecule has 10 heteroatoms. The molecule has 0 radical (unpaired) electrons. The number of carbonyl (C=O) groups is 2. The van der Waals surface area contributed by atoms with E-state index in [1.165, 1.54) is 12.8 Å². The van der Waals surface area contributed by atoms with Gasteiger partial charge in [-0.3, -0.25) is 9.59 Å². The second-order valence-electron chi connectivity index (χ2n) is 10.7. The molecule has 1 aliphatic heterocycles. The second kappa shape index (κ2) is 19.4. The first-order chi connectivity index (χ1) is 17.7. The van der Waals surface area contributed by atoms with Gasteiger partial charge >= 0.3 is 20.7 Å². The molecule has 1 fully saturated rings. The van der Waals surface area contributed by atoms with Crippen molar-refractivity contribution in [1.29, 1.82) is 0 Å². The Balaban J connectivity index is 2.39. The molecule has 0 aliphatic carbocycles. The van der Waals surface area contributed by atoms with Crippen LogP contribution in [0.2, 0.25) is 6.04 Å². The summed E-state index contributed by atoms with van der Waals surface area (Å²) in [6.45, 7) is 9.97. The highest BCUT2D eigenvalue weighted by molar-refractivity contribution is 7.80. The number of hydrogen-bond donors (Lipinski definition) is 2. The van der Waals surface area contributed by atoms with Crippen LogP contribution in [0, 0.1) is 11.3 Å². The molecule has 0 saturated carbocycles. The summed E-state index contributed by atoms with van der Waals surface area (Å²) in [6, 6.07) is 0.688. The molecule has 2 atom stereocenters. The minimum atomic E-state index is -2.85. The quantitative estimate of drug-likeness (QED) is 0.0834. The van der Waals surface area contributed by atoms with Gasteiger partial charge in [0, 0.05) is 44.1 Å². The Hall–Kier alpha value is -0.653. The highest BCUT2D eigenvalue weighted by Gasteiger charge is 2.48. The number of rotatable bonds is 21. The van der Waals surface area contributed by atoms with E-state index in [-0.39, 0.29) is 30.9 Å². The lowest BCUT2D eigenvalue weighted by Crippen LogP contribution is -2.56. The third kappa shape index (κ3) is 15.5. The molecular weight excluding hydrogens is 512 g/mol. The molecule has 0 amide bonds. The summed E-state index contributed by atoms with van der Waals surface area (Å²) in [5, 5.41) is 9.58. The van der Waals surface area contributed by atoms with Crippen LogP contribution in [0.25, 0.3) is 0 Å². The smallest absolute Gasteiger partial charge is 0.465 e. The van der Waals surface area contributed by atoms with Crippen molar-refractivity contribution in [2.75, 3.05) is 38.8 Å². The molecule has 218 valence electrons. The Kier molecular flexibility index (Phi) is 18.0. The van der Waals surface area contributed by atoms with E-state index in [0.717, 1.165) is 31.4 Å². The summed E-state index contributed by atoms with van der Waals surface area (Å²) in [4.78, 5) is 24.0. The largest absolute Gasteiger partial charge is 0.501 e. The average molecular weight is 565 g/mol. The molecule has 1 saturated heterocycles. The predicted molar refractivity (Wildman–Crippen MR) is 150 cm³/mol. The van der Waals surface area contributed by atoms with Gasteiger partial charge in [0.1, 0.15) is 6.61 Å². The van der Waals surface area contributed by atoms with Gasteiger partial charge in [-0.1, -0.05) is 53.4 Å². The number of thiol groups is 1. The molecule has 8 nitrogen and oxygen atoms in total. The molecule has 37 heavy (non-hydrogen) atoms. The van der Waals surface area contributed by atoms with Crippen LogP contribution in [0.15, 0.2) is 0 Å². The van der Waals surface area contributed by atoms with Crippen molar-refractivity contribution in [2.24, 2.45) is 11.3 Å². The first-order valence-corrected chi connectivity index (χ1v) is 16.8. The number of esters is 2. The zero-order valence-corrected chi connectivity index (χ0v) is 25.5. The molecule has 0 aromatic rings. The zero-order valence-electron chi connectivity index (χ0n) is 23.6. The van der Waals surface area contributed by atoms with E-state index in [1.54, 1.807) is 0 Å². The monoisotopic (exact) mass is 564 g/mol. The van der Waals surface area contributed by atoms with E-state index < -0.39 is 20.3 Å². The summed E-state index contributed by atoms with van der Waals surface area (Å²) < 4.78 is 29.6. The van der Waals surface area contributed by atoms with Gasteiger partial charge in [0.25, 0.3) is 0 Å². The number of unbranched alkanes of at least 4 members (excludes halogenated alkanes) is 4. The second-order valence-corrected chi connectivity index (χ2v) is 13.9. The van der Waals surface area contributed by atoms with Crippen LogP contribution < -0.4 is 0 Å². The van der Waals surface area contributed by atoms with Gasteiger partial charge in [-0.25, -0.2) is 0 Å². The van der Waals surface area contributed by atoms with Crippen LogP contribution in [0.5, 0.6) is 0 Å². The van der Waals surface area contributed by atoms with Gasteiger partial charge in [-0.05, 0) is 43.8 Å². The highest BCUT2D eigenvalue weighted by atomic mass is 32.1. The SMILES string of the molecule is CCCCCCCC(=O)OCC1(C)CO[Si](CCCS)(OCCC(C)COC(=O)CCC(O)CC)OC1. The lowest BCUT2D eigenvalue weighted by Gasteiger charge is -2.42. The number of aliphatic hydroxyl groups excluding tert-OH is 1. The Morgan fingerprint density at radius 1 is 1.00 bits per heavy atom. The lowest BCUT2D eigenvalue weighted by molar-refractivity contribution is -0.152. The fourth-order valence-electron chi connectivity index (χ4n) is 3.83. The Morgan fingerprint density at radius 2 is 1.68 bits per heavy atom. The molecule has 1 N–H and O–H groups in total. The van der Waals surface area contributed by atoms with E-state index in [9.17, 15) is 14.7 Å². The first-order valence-electron chi connectivity index (χ1n) is 14.2. The van der Waals surface area contributed by atoms with Crippen molar-refractivity contribution in [2.45, 2.75) is 110 Å². The van der Waals surface area contributed by atoms with Crippen LogP contribution >= 0.6 is 12.6 Å². The standard InChI is InChI=1S/C27H52O8SSi/c1-5-7-8-9-10-12-25(29)32-20-27(4)21-34-37(35-22-27,18-11-17-36)33-16-15-23(3)19-31-26(30)14-13-24(28)6-2/h23-24,28,36H,5-22H2,1-4H3. The number of aliphatic hydroxyl groups is 1. The molecule has 0 bridgehead atoms. The summed E-state index contributed by atoms with van der Waals surface area (Å²) in [6.07, 6.45) is 8.32. The maximum atomic E-state index is 12.1. The van der Waals surface area contributed by atoms with Gasteiger partial charge in [0.15, 0.2) is 0 Å². The van der Waals surface area contributed by atoms with Crippen molar-refractivity contribution >= 4 is 33.4 Å².